The third kappa shape index (κ3) is 1.68. The lowest BCUT2D eigenvalue weighted by atomic mass is 10.1. The Morgan fingerprint density at radius 2 is 2.07 bits per heavy atom. The zero-order valence-corrected chi connectivity index (χ0v) is 8.16. The minimum absolute atomic E-state index is 0.0341. The molecule has 2 nitrogen and oxygen atoms in total. The fourth-order valence-corrected chi connectivity index (χ4v) is 1.45. The molecule has 1 heterocycles. The first-order valence-corrected chi connectivity index (χ1v) is 4.53. The SMILES string of the molecule is Cc1ccc(-c2cccc(F)c2C=O)o1. The molecule has 1 aromatic carbocycles. The third-order valence-electron chi connectivity index (χ3n) is 2.18. The van der Waals surface area contributed by atoms with Gasteiger partial charge in [0, 0.05) is 5.56 Å². The van der Waals surface area contributed by atoms with Crippen molar-refractivity contribution >= 4 is 6.29 Å². The number of carbonyl (C=O) groups excluding carboxylic acids is 1. The maximum absolute atomic E-state index is 13.3. The summed E-state index contributed by atoms with van der Waals surface area (Å²) in [6, 6.07) is 7.95. The number of aldehydes is 1. The van der Waals surface area contributed by atoms with Gasteiger partial charge < -0.3 is 4.42 Å². The Balaban J connectivity index is 2.62. The standard InChI is InChI=1S/C12H9FO2/c1-8-5-6-12(15-8)9-3-2-4-11(13)10(9)7-14/h2-7H,1H3. The molecular weight excluding hydrogens is 195 g/mol. The first-order valence-electron chi connectivity index (χ1n) is 4.53. The lowest BCUT2D eigenvalue weighted by Gasteiger charge is -2.01. The van der Waals surface area contributed by atoms with Gasteiger partial charge in [0.1, 0.15) is 17.3 Å². The quantitative estimate of drug-likeness (QED) is 0.703. The van der Waals surface area contributed by atoms with Gasteiger partial charge in [0.25, 0.3) is 0 Å². The molecule has 3 heteroatoms. The van der Waals surface area contributed by atoms with Crippen LogP contribution in [0.1, 0.15) is 16.1 Å². The smallest absolute Gasteiger partial charge is 0.153 e. The monoisotopic (exact) mass is 204 g/mol. The number of hydrogen-bond donors (Lipinski definition) is 0. The summed E-state index contributed by atoms with van der Waals surface area (Å²) in [5, 5.41) is 0. The van der Waals surface area contributed by atoms with Gasteiger partial charge >= 0.3 is 0 Å². The normalized spacial score (nSPS) is 10.3. The molecule has 0 bridgehead atoms. The third-order valence-corrected chi connectivity index (χ3v) is 2.18. The largest absolute Gasteiger partial charge is 0.461 e. The highest BCUT2D eigenvalue weighted by atomic mass is 19.1. The number of hydrogen-bond acceptors (Lipinski definition) is 2. The van der Waals surface area contributed by atoms with Crippen LogP contribution in [0, 0.1) is 12.7 Å². The molecule has 76 valence electrons. The van der Waals surface area contributed by atoms with Crippen molar-refractivity contribution in [3.05, 3.63) is 47.5 Å². The van der Waals surface area contributed by atoms with E-state index in [0.29, 0.717) is 17.6 Å². The second kappa shape index (κ2) is 3.69. The van der Waals surface area contributed by atoms with Crippen molar-refractivity contribution in [2.24, 2.45) is 0 Å². The van der Waals surface area contributed by atoms with Gasteiger partial charge in [0.2, 0.25) is 0 Å². The molecule has 15 heavy (non-hydrogen) atoms. The summed E-state index contributed by atoms with van der Waals surface area (Å²) in [5.41, 5.74) is 0.518. The van der Waals surface area contributed by atoms with Crippen LogP contribution < -0.4 is 0 Å². The molecule has 0 aliphatic rings. The van der Waals surface area contributed by atoms with Crippen LogP contribution in [-0.2, 0) is 0 Å². The number of carbonyl (C=O) groups is 1. The number of benzene rings is 1. The fraction of sp³-hybridized carbons (Fsp3) is 0.0833. The minimum atomic E-state index is -0.531. The van der Waals surface area contributed by atoms with Gasteiger partial charge in [-0.05, 0) is 25.1 Å². The molecule has 0 amide bonds. The summed E-state index contributed by atoms with van der Waals surface area (Å²) < 4.78 is 18.6. The van der Waals surface area contributed by atoms with Gasteiger partial charge in [-0.2, -0.15) is 0 Å². The van der Waals surface area contributed by atoms with E-state index in [1.807, 2.05) is 0 Å². The van der Waals surface area contributed by atoms with Crippen molar-refractivity contribution in [1.82, 2.24) is 0 Å². The predicted molar refractivity (Wildman–Crippen MR) is 54.2 cm³/mol. The average Bonchev–Trinajstić information content (AvgIpc) is 2.64. The molecule has 0 unspecified atom stereocenters. The first-order chi connectivity index (χ1) is 7.22. The molecule has 0 N–H and O–H groups in total. The zero-order chi connectivity index (χ0) is 10.8. The number of furan rings is 1. The van der Waals surface area contributed by atoms with Crippen LogP contribution in [0.25, 0.3) is 11.3 Å². The summed E-state index contributed by atoms with van der Waals surface area (Å²) >= 11 is 0. The first kappa shape index (κ1) is 9.65. The van der Waals surface area contributed by atoms with Gasteiger partial charge in [-0.1, -0.05) is 12.1 Å². The Morgan fingerprint density at radius 3 is 2.67 bits per heavy atom. The molecule has 0 saturated carbocycles. The van der Waals surface area contributed by atoms with Crippen molar-refractivity contribution in [3.8, 4) is 11.3 Å². The minimum Gasteiger partial charge on any atom is -0.461 e. The molecule has 0 aliphatic heterocycles. The van der Waals surface area contributed by atoms with Crippen molar-refractivity contribution < 1.29 is 13.6 Å². The lowest BCUT2D eigenvalue weighted by molar-refractivity contribution is 0.112. The molecule has 1 aromatic heterocycles. The summed E-state index contributed by atoms with van der Waals surface area (Å²) in [5.74, 6) is 0.705. The van der Waals surface area contributed by atoms with Gasteiger partial charge in [0.15, 0.2) is 6.29 Å². The summed E-state index contributed by atoms with van der Waals surface area (Å²) in [7, 11) is 0. The van der Waals surface area contributed by atoms with Crippen molar-refractivity contribution in [1.29, 1.82) is 0 Å². The molecule has 0 aliphatic carbocycles. The van der Waals surface area contributed by atoms with Crippen molar-refractivity contribution in [2.75, 3.05) is 0 Å². The molecule has 0 atom stereocenters. The van der Waals surface area contributed by atoms with Crippen molar-refractivity contribution in [3.63, 3.8) is 0 Å². The maximum atomic E-state index is 13.3. The average molecular weight is 204 g/mol. The van der Waals surface area contributed by atoms with E-state index in [-0.39, 0.29) is 5.56 Å². The van der Waals surface area contributed by atoms with E-state index < -0.39 is 5.82 Å². The van der Waals surface area contributed by atoms with Gasteiger partial charge in [-0.15, -0.1) is 0 Å². The maximum Gasteiger partial charge on any atom is 0.153 e. The van der Waals surface area contributed by atoms with Gasteiger partial charge in [0.05, 0.1) is 5.56 Å². The van der Waals surface area contributed by atoms with Gasteiger partial charge in [-0.3, -0.25) is 4.79 Å². The van der Waals surface area contributed by atoms with E-state index in [1.54, 1.807) is 31.2 Å². The van der Waals surface area contributed by atoms with Crippen LogP contribution in [0.4, 0.5) is 4.39 Å². The zero-order valence-electron chi connectivity index (χ0n) is 8.16. The summed E-state index contributed by atoms with van der Waals surface area (Å²) in [6.07, 6.45) is 0.502. The van der Waals surface area contributed by atoms with Crippen molar-refractivity contribution in [2.45, 2.75) is 6.92 Å². The Hall–Kier alpha value is -1.90. The van der Waals surface area contributed by atoms with Gasteiger partial charge in [-0.25, -0.2) is 4.39 Å². The van der Waals surface area contributed by atoms with E-state index in [2.05, 4.69) is 0 Å². The molecule has 0 saturated heterocycles. The molecule has 2 rings (SSSR count). The second-order valence-electron chi connectivity index (χ2n) is 3.23. The van der Waals surface area contributed by atoms with Crippen LogP contribution in [-0.4, -0.2) is 6.29 Å². The van der Waals surface area contributed by atoms with E-state index in [1.165, 1.54) is 6.07 Å². The lowest BCUT2D eigenvalue weighted by Crippen LogP contribution is -1.91. The highest BCUT2D eigenvalue weighted by molar-refractivity contribution is 5.86. The molecule has 2 aromatic rings. The molecule has 0 radical (unpaired) electrons. The van der Waals surface area contributed by atoms with E-state index >= 15 is 0 Å². The van der Waals surface area contributed by atoms with Crippen LogP contribution in [0.3, 0.4) is 0 Å². The van der Waals surface area contributed by atoms with Crippen LogP contribution in [0.2, 0.25) is 0 Å². The fourth-order valence-electron chi connectivity index (χ4n) is 1.45. The predicted octanol–water partition coefficient (Wildman–Crippen LogP) is 3.21. The Bertz CT molecular complexity index is 500. The Morgan fingerprint density at radius 1 is 1.27 bits per heavy atom. The summed E-state index contributed by atoms with van der Waals surface area (Å²) in [6.45, 7) is 1.80. The second-order valence-corrected chi connectivity index (χ2v) is 3.23. The highest BCUT2D eigenvalue weighted by Gasteiger charge is 2.11. The van der Waals surface area contributed by atoms with Crippen LogP contribution >= 0.6 is 0 Å². The number of aryl methyl sites for hydroxylation is 1. The number of halogens is 1. The Kier molecular flexibility index (Phi) is 2.37. The molecule has 0 spiro atoms. The summed E-state index contributed by atoms with van der Waals surface area (Å²) in [4.78, 5) is 10.7. The number of rotatable bonds is 2. The van der Waals surface area contributed by atoms with Crippen LogP contribution in [0.15, 0.2) is 34.7 Å². The highest BCUT2D eigenvalue weighted by Crippen LogP contribution is 2.26. The van der Waals surface area contributed by atoms with E-state index in [4.69, 9.17) is 4.42 Å². The molecular formula is C12H9FO2. The topological polar surface area (TPSA) is 30.2 Å². The molecule has 0 fully saturated rings. The van der Waals surface area contributed by atoms with E-state index in [9.17, 15) is 9.18 Å². The van der Waals surface area contributed by atoms with Crippen LogP contribution in [0.5, 0.6) is 0 Å². The van der Waals surface area contributed by atoms with E-state index in [0.717, 1.165) is 5.76 Å². The Labute approximate surface area is 86.3 Å².